The molecule has 3 N–H and O–H groups in total. The number of amides is 1. The van der Waals surface area contributed by atoms with Gasteiger partial charge in [0.25, 0.3) is 5.91 Å². The molecule has 7 heteroatoms. The SMILES string of the molecule is CC[C@@H](C)[C@H](NC(=O)COC(=O)c1ccc(C)c(N)c1)C(=O)OC. The van der Waals surface area contributed by atoms with E-state index >= 15 is 0 Å². The van der Waals surface area contributed by atoms with Gasteiger partial charge in [0.05, 0.1) is 12.7 Å². The lowest BCUT2D eigenvalue weighted by molar-refractivity contribution is -0.147. The molecular formula is C17H24N2O5. The number of nitrogens with one attached hydrogen (secondary N) is 1. The van der Waals surface area contributed by atoms with Crippen LogP contribution in [0.25, 0.3) is 0 Å². The van der Waals surface area contributed by atoms with Crippen molar-refractivity contribution in [2.75, 3.05) is 19.5 Å². The topological polar surface area (TPSA) is 108 Å². The van der Waals surface area contributed by atoms with E-state index in [4.69, 9.17) is 10.5 Å². The van der Waals surface area contributed by atoms with Gasteiger partial charge in [-0.1, -0.05) is 26.3 Å². The Kier molecular flexibility index (Phi) is 7.23. The lowest BCUT2D eigenvalue weighted by atomic mass is 9.99. The molecule has 0 bridgehead atoms. The van der Waals surface area contributed by atoms with Crippen LogP contribution in [-0.4, -0.2) is 37.6 Å². The molecule has 0 aliphatic rings. The predicted molar refractivity (Wildman–Crippen MR) is 89.3 cm³/mol. The average Bonchev–Trinajstić information content (AvgIpc) is 2.58. The van der Waals surface area contributed by atoms with Gasteiger partial charge in [0.2, 0.25) is 0 Å². The molecule has 1 rings (SSSR count). The monoisotopic (exact) mass is 336 g/mol. The number of nitrogens with two attached hydrogens (primary N) is 1. The number of esters is 2. The maximum absolute atomic E-state index is 11.9. The van der Waals surface area contributed by atoms with E-state index in [9.17, 15) is 14.4 Å². The van der Waals surface area contributed by atoms with Crippen LogP contribution < -0.4 is 11.1 Å². The van der Waals surface area contributed by atoms with E-state index in [1.165, 1.54) is 13.2 Å². The average molecular weight is 336 g/mol. The summed E-state index contributed by atoms with van der Waals surface area (Å²) >= 11 is 0. The summed E-state index contributed by atoms with van der Waals surface area (Å²) in [7, 11) is 1.26. The summed E-state index contributed by atoms with van der Waals surface area (Å²) in [5.41, 5.74) is 7.32. The second-order valence-corrected chi connectivity index (χ2v) is 5.60. The number of hydrogen-bond donors (Lipinski definition) is 2. The molecule has 132 valence electrons. The molecule has 0 saturated carbocycles. The van der Waals surface area contributed by atoms with Crippen LogP contribution in [0.4, 0.5) is 5.69 Å². The van der Waals surface area contributed by atoms with Crippen LogP contribution in [0.15, 0.2) is 18.2 Å². The molecule has 7 nitrogen and oxygen atoms in total. The van der Waals surface area contributed by atoms with Crippen molar-refractivity contribution in [1.82, 2.24) is 5.32 Å². The minimum absolute atomic E-state index is 0.103. The van der Waals surface area contributed by atoms with Crippen molar-refractivity contribution in [3.05, 3.63) is 29.3 Å². The van der Waals surface area contributed by atoms with Crippen LogP contribution >= 0.6 is 0 Å². The summed E-state index contributed by atoms with van der Waals surface area (Å²) in [6, 6.07) is 3.98. The molecule has 1 aromatic carbocycles. The number of rotatable bonds is 7. The summed E-state index contributed by atoms with van der Waals surface area (Å²) in [5, 5.41) is 2.53. The molecule has 0 aromatic heterocycles. The molecule has 0 spiro atoms. The Balaban J connectivity index is 2.62. The third-order valence-corrected chi connectivity index (χ3v) is 3.83. The van der Waals surface area contributed by atoms with Crippen molar-refractivity contribution in [3.63, 3.8) is 0 Å². The van der Waals surface area contributed by atoms with E-state index in [1.807, 2.05) is 20.8 Å². The fraction of sp³-hybridized carbons (Fsp3) is 0.471. The van der Waals surface area contributed by atoms with Crippen LogP contribution in [0.5, 0.6) is 0 Å². The largest absolute Gasteiger partial charge is 0.467 e. The number of nitrogen functional groups attached to an aromatic ring is 1. The molecule has 2 atom stereocenters. The smallest absolute Gasteiger partial charge is 0.338 e. The second-order valence-electron chi connectivity index (χ2n) is 5.60. The van der Waals surface area contributed by atoms with Crippen molar-refractivity contribution in [1.29, 1.82) is 0 Å². The Morgan fingerprint density at radius 2 is 1.96 bits per heavy atom. The summed E-state index contributed by atoms with van der Waals surface area (Å²) < 4.78 is 9.63. The van der Waals surface area contributed by atoms with E-state index in [1.54, 1.807) is 12.1 Å². The minimum atomic E-state index is -0.777. The summed E-state index contributed by atoms with van der Waals surface area (Å²) in [4.78, 5) is 35.6. The van der Waals surface area contributed by atoms with Crippen LogP contribution in [0.1, 0.15) is 36.2 Å². The van der Waals surface area contributed by atoms with Crippen molar-refractivity contribution in [2.24, 2.45) is 5.92 Å². The zero-order chi connectivity index (χ0) is 18.3. The highest BCUT2D eigenvalue weighted by atomic mass is 16.5. The van der Waals surface area contributed by atoms with Gasteiger partial charge in [0.15, 0.2) is 6.61 Å². The Labute approximate surface area is 141 Å². The number of hydrogen-bond acceptors (Lipinski definition) is 6. The molecule has 0 radical (unpaired) electrons. The van der Waals surface area contributed by atoms with Crippen molar-refractivity contribution < 1.29 is 23.9 Å². The molecule has 0 aliphatic carbocycles. The number of ether oxygens (including phenoxy) is 2. The standard InChI is InChI=1S/C17H24N2O5/c1-5-10(2)15(17(22)23-4)19-14(20)9-24-16(21)12-7-6-11(3)13(18)8-12/h6-8,10,15H,5,9,18H2,1-4H3,(H,19,20)/t10-,15+/m1/s1. The first-order valence-corrected chi connectivity index (χ1v) is 7.70. The summed E-state index contributed by atoms with van der Waals surface area (Å²) in [5.74, 6) is -1.86. The van der Waals surface area contributed by atoms with E-state index in [-0.39, 0.29) is 11.5 Å². The molecule has 0 aliphatic heterocycles. The van der Waals surface area contributed by atoms with E-state index in [2.05, 4.69) is 10.1 Å². The van der Waals surface area contributed by atoms with Gasteiger partial charge in [-0.15, -0.1) is 0 Å². The maximum atomic E-state index is 11.9. The van der Waals surface area contributed by atoms with Crippen molar-refractivity contribution in [3.8, 4) is 0 Å². The quantitative estimate of drug-likeness (QED) is 0.576. The first-order chi connectivity index (χ1) is 11.3. The molecular weight excluding hydrogens is 312 g/mol. The summed E-state index contributed by atoms with van der Waals surface area (Å²) in [6.07, 6.45) is 0.683. The van der Waals surface area contributed by atoms with E-state index in [0.717, 1.165) is 5.56 Å². The Morgan fingerprint density at radius 1 is 1.29 bits per heavy atom. The first kappa shape index (κ1) is 19.5. The number of carbonyl (C=O) groups is 3. The van der Waals surface area contributed by atoms with Gasteiger partial charge in [-0.3, -0.25) is 4.79 Å². The Hall–Kier alpha value is -2.57. The van der Waals surface area contributed by atoms with Gasteiger partial charge in [-0.2, -0.15) is 0 Å². The molecule has 0 saturated heterocycles. The first-order valence-electron chi connectivity index (χ1n) is 7.70. The van der Waals surface area contributed by atoms with E-state index in [0.29, 0.717) is 12.1 Å². The minimum Gasteiger partial charge on any atom is -0.467 e. The van der Waals surface area contributed by atoms with E-state index < -0.39 is 30.5 Å². The number of carbonyl (C=O) groups excluding carboxylic acids is 3. The fourth-order valence-electron chi connectivity index (χ4n) is 1.99. The van der Waals surface area contributed by atoms with Crippen LogP contribution in [-0.2, 0) is 19.1 Å². The molecule has 1 amide bonds. The lowest BCUT2D eigenvalue weighted by Crippen LogP contribution is -2.47. The summed E-state index contributed by atoms with van der Waals surface area (Å²) in [6.45, 7) is 5.05. The van der Waals surface area contributed by atoms with Crippen LogP contribution in [0.3, 0.4) is 0 Å². The van der Waals surface area contributed by atoms with Gasteiger partial charge in [-0.05, 0) is 30.5 Å². The lowest BCUT2D eigenvalue weighted by Gasteiger charge is -2.21. The predicted octanol–water partition coefficient (Wildman–Crippen LogP) is 1.44. The molecule has 0 fully saturated rings. The van der Waals surface area contributed by atoms with Gasteiger partial charge in [0, 0.05) is 5.69 Å². The second kappa shape index (κ2) is 8.90. The molecule has 0 heterocycles. The highest BCUT2D eigenvalue weighted by Crippen LogP contribution is 2.14. The van der Waals surface area contributed by atoms with Crippen molar-refractivity contribution >= 4 is 23.5 Å². The zero-order valence-corrected chi connectivity index (χ0v) is 14.4. The molecule has 24 heavy (non-hydrogen) atoms. The highest BCUT2D eigenvalue weighted by molar-refractivity contribution is 5.93. The van der Waals surface area contributed by atoms with Crippen LogP contribution in [0.2, 0.25) is 0 Å². The normalized spacial score (nSPS) is 12.8. The number of methoxy groups -OCH3 is 1. The number of aryl methyl sites for hydroxylation is 1. The maximum Gasteiger partial charge on any atom is 0.338 e. The molecule has 1 aromatic rings. The van der Waals surface area contributed by atoms with Gasteiger partial charge >= 0.3 is 11.9 Å². The van der Waals surface area contributed by atoms with Gasteiger partial charge in [0.1, 0.15) is 6.04 Å². The van der Waals surface area contributed by atoms with Crippen molar-refractivity contribution in [2.45, 2.75) is 33.2 Å². The number of benzene rings is 1. The molecule has 0 unspecified atom stereocenters. The Morgan fingerprint density at radius 3 is 2.50 bits per heavy atom. The van der Waals surface area contributed by atoms with Crippen LogP contribution in [0, 0.1) is 12.8 Å². The highest BCUT2D eigenvalue weighted by Gasteiger charge is 2.27. The fourth-order valence-corrected chi connectivity index (χ4v) is 1.99. The van der Waals surface area contributed by atoms with Gasteiger partial charge in [-0.25, -0.2) is 9.59 Å². The number of anilines is 1. The zero-order valence-electron chi connectivity index (χ0n) is 14.4. The third-order valence-electron chi connectivity index (χ3n) is 3.83. The van der Waals surface area contributed by atoms with Gasteiger partial charge < -0.3 is 20.5 Å². The third kappa shape index (κ3) is 5.26. The Bertz CT molecular complexity index is 615.